The van der Waals surface area contributed by atoms with Gasteiger partial charge < -0.3 is 5.32 Å². The lowest BCUT2D eigenvalue weighted by atomic mass is 10.0. The van der Waals surface area contributed by atoms with Crippen LogP contribution in [0.5, 0.6) is 0 Å². The van der Waals surface area contributed by atoms with E-state index in [0.717, 1.165) is 40.2 Å². The summed E-state index contributed by atoms with van der Waals surface area (Å²) in [5.74, 6) is -0.0918. The monoisotopic (exact) mass is 370 g/mol. The first-order chi connectivity index (χ1) is 13.2. The van der Waals surface area contributed by atoms with Gasteiger partial charge in [-0.1, -0.05) is 54.6 Å². The summed E-state index contributed by atoms with van der Waals surface area (Å²) in [6.45, 7) is 1.89. The van der Waals surface area contributed by atoms with Gasteiger partial charge in [-0.3, -0.25) is 4.79 Å². The van der Waals surface area contributed by atoms with Crippen molar-refractivity contribution >= 4 is 33.7 Å². The molecule has 1 N–H and O–H groups in total. The average molecular weight is 370 g/mol. The van der Waals surface area contributed by atoms with Crippen molar-refractivity contribution in [2.45, 2.75) is 19.8 Å². The minimum atomic E-state index is -0.0918. The maximum absolute atomic E-state index is 13.0. The molecule has 0 spiro atoms. The fraction of sp³-hybridized carbons (Fsp3) is 0.130. The first-order valence-electron chi connectivity index (χ1n) is 9.08. The Kier molecular flexibility index (Phi) is 3.80. The summed E-state index contributed by atoms with van der Waals surface area (Å²) >= 11 is 1.44. The van der Waals surface area contributed by atoms with E-state index < -0.39 is 0 Å². The zero-order valence-corrected chi connectivity index (χ0v) is 15.8. The molecule has 0 fully saturated rings. The molecule has 1 aromatic heterocycles. The van der Waals surface area contributed by atoms with Gasteiger partial charge in [-0.25, -0.2) is 4.98 Å². The first kappa shape index (κ1) is 16.2. The summed E-state index contributed by atoms with van der Waals surface area (Å²) < 4.78 is 0. The lowest BCUT2D eigenvalue weighted by Crippen LogP contribution is -2.12. The standard InChI is InChI=1S/C23H18N2OS/c1-14-21(27-23(24-14)17-6-3-2-4-7-17)22(26)25-19-13-12-16-11-10-15-8-5-9-18(19)20(15)16/h2-9,12-13H,10-11H2,1H3,(H,25,26). The summed E-state index contributed by atoms with van der Waals surface area (Å²) in [5, 5.41) is 6.43. The van der Waals surface area contributed by atoms with E-state index in [2.05, 4.69) is 34.6 Å². The Hall–Kier alpha value is -2.98. The number of carbonyl (C=O) groups excluding carboxylic acids is 1. The quantitative estimate of drug-likeness (QED) is 0.508. The van der Waals surface area contributed by atoms with Crippen LogP contribution in [0.2, 0.25) is 0 Å². The number of rotatable bonds is 3. The Labute approximate surface area is 161 Å². The van der Waals surface area contributed by atoms with E-state index in [-0.39, 0.29) is 5.91 Å². The van der Waals surface area contributed by atoms with Gasteiger partial charge in [0.25, 0.3) is 5.91 Å². The van der Waals surface area contributed by atoms with Crippen molar-refractivity contribution in [2.24, 2.45) is 0 Å². The molecule has 132 valence electrons. The molecule has 0 bridgehead atoms. The van der Waals surface area contributed by atoms with Gasteiger partial charge in [-0.05, 0) is 42.3 Å². The second-order valence-corrected chi connectivity index (χ2v) is 7.86. The zero-order valence-electron chi connectivity index (χ0n) is 15.0. The molecular weight excluding hydrogens is 352 g/mol. The maximum Gasteiger partial charge on any atom is 0.267 e. The number of amides is 1. The molecule has 1 aliphatic carbocycles. The van der Waals surface area contributed by atoms with Crippen LogP contribution in [-0.4, -0.2) is 10.9 Å². The van der Waals surface area contributed by atoms with Crippen LogP contribution in [0.1, 0.15) is 26.5 Å². The third-order valence-electron chi connectivity index (χ3n) is 5.15. The van der Waals surface area contributed by atoms with E-state index in [1.54, 1.807) is 0 Å². The van der Waals surface area contributed by atoms with Crippen molar-refractivity contribution in [3.05, 3.63) is 82.4 Å². The highest BCUT2D eigenvalue weighted by Gasteiger charge is 2.19. The second-order valence-electron chi connectivity index (χ2n) is 6.87. The fourth-order valence-electron chi connectivity index (χ4n) is 3.85. The number of benzene rings is 3. The highest BCUT2D eigenvalue weighted by molar-refractivity contribution is 7.17. The third-order valence-corrected chi connectivity index (χ3v) is 6.35. The van der Waals surface area contributed by atoms with Crippen LogP contribution in [0.4, 0.5) is 5.69 Å². The van der Waals surface area contributed by atoms with Crippen LogP contribution in [0.15, 0.2) is 60.7 Å². The number of anilines is 1. The number of hydrogen-bond donors (Lipinski definition) is 1. The average Bonchev–Trinajstić information content (AvgIpc) is 3.29. The lowest BCUT2D eigenvalue weighted by molar-refractivity contribution is 0.103. The van der Waals surface area contributed by atoms with Crippen molar-refractivity contribution in [1.29, 1.82) is 0 Å². The molecule has 27 heavy (non-hydrogen) atoms. The molecule has 0 saturated carbocycles. The molecule has 0 radical (unpaired) electrons. The van der Waals surface area contributed by atoms with Gasteiger partial charge in [0.1, 0.15) is 9.88 Å². The fourth-order valence-corrected chi connectivity index (χ4v) is 4.81. The van der Waals surface area contributed by atoms with E-state index in [1.165, 1.54) is 27.8 Å². The number of nitrogens with one attached hydrogen (secondary N) is 1. The minimum absolute atomic E-state index is 0.0918. The van der Waals surface area contributed by atoms with Crippen LogP contribution in [-0.2, 0) is 12.8 Å². The lowest BCUT2D eigenvalue weighted by Gasteiger charge is -2.10. The Morgan fingerprint density at radius 2 is 1.74 bits per heavy atom. The molecule has 3 nitrogen and oxygen atoms in total. The molecule has 4 heteroatoms. The van der Waals surface area contributed by atoms with E-state index in [1.807, 2.05) is 43.3 Å². The first-order valence-corrected chi connectivity index (χ1v) is 9.90. The number of aromatic nitrogens is 1. The normalized spacial score (nSPS) is 12.5. The molecule has 0 unspecified atom stereocenters. The van der Waals surface area contributed by atoms with Crippen LogP contribution in [0.3, 0.4) is 0 Å². The van der Waals surface area contributed by atoms with Crippen LogP contribution >= 0.6 is 11.3 Å². The predicted octanol–water partition coefficient (Wildman–Crippen LogP) is 5.62. The molecule has 1 amide bonds. The van der Waals surface area contributed by atoms with Gasteiger partial charge in [0, 0.05) is 16.6 Å². The van der Waals surface area contributed by atoms with E-state index in [4.69, 9.17) is 0 Å². The van der Waals surface area contributed by atoms with Crippen molar-refractivity contribution in [3.63, 3.8) is 0 Å². The SMILES string of the molecule is Cc1nc(-c2ccccc2)sc1C(=O)Nc1ccc2c3c(cccc13)CC2. The Morgan fingerprint density at radius 1 is 0.963 bits per heavy atom. The number of nitrogens with zero attached hydrogens (tertiary/aromatic N) is 1. The van der Waals surface area contributed by atoms with E-state index in [9.17, 15) is 4.79 Å². The van der Waals surface area contributed by atoms with E-state index >= 15 is 0 Å². The highest BCUT2D eigenvalue weighted by Crippen LogP contribution is 2.35. The second kappa shape index (κ2) is 6.32. The smallest absolute Gasteiger partial charge is 0.267 e. The van der Waals surface area contributed by atoms with Gasteiger partial charge in [0.15, 0.2) is 0 Å². The van der Waals surface area contributed by atoms with E-state index in [0.29, 0.717) is 4.88 Å². The Balaban J connectivity index is 1.50. The van der Waals surface area contributed by atoms with Gasteiger partial charge in [-0.15, -0.1) is 11.3 Å². The molecule has 0 atom stereocenters. The van der Waals surface area contributed by atoms with Gasteiger partial charge in [-0.2, -0.15) is 0 Å². The van der Waals surface area contributed by atoms with Crippen molar-refractivity contribution in [2.75, 3.05) is 5.32 Å². The Bertz CT molecular complexity index is 1170. The zero-order chi connectivity index (χ0) is 18.4. The topological polar surface area (TPSA) is 42.0 Å². The number of hydrogen-bond acceptors (Lipinski definition) is 3. The predicted molar refractivity (Wildman–Crippen MR) is 112 cm³/mol. The van der Waals surface area contributed by atoms with Crippen LogP contribution < -0.4 is 5.32 Å². The van der Waals surface area contributed by atoms with Gasteiger partial charge in [0.05, 0.1) is 5.69 Å². The largest absolute Gasteiger partial charge is 0.321 e. The minimum Gasteiger partial charge on any atom is -0.321 e. The molecule has 1 aliphatic rings. The molecule has 5 rings (SSSR count). The molecule has 3 aromatic carbocycles. The van der Waals surface area contributed by atoms with Crippen molar-refractivity contribution < 1.29 is 4.79 Å². The van der Waals surface area contributed by atoms with Crippen molar-refractivity contribution in [3.8, 4) is 10.6 Å². The summed E-state index contributed by atoms with van der Waals surface area (Å²) in [7, 11) is 0. The van der Waals surface area contributed by atoms with Crippen LogP contribution in [0.25, 0.3) is 21.3 Å². The number of carbonyl (C=O) groups is 1. The van der Waals surface area contributed by atoms with Crippen LogP contribution in [0, 0.1) is 6.92 Å². The summed E-state index contributed by atoms with van der Waals surface area (Å²) in [5.41, 5.74) is 5.42. The molecule has 4 aromatic rings. The maximum atomic E-state index is 13.0. The summed E-state index contributed by atoms with van der Waals surface area (Å²) in [4.78, 5) is 18.2. The molecule has 0 saturated heterocycles. The molecule has 1 heterocycles. The molecular formula is C23H18N2OS. The third kappa shape index (κ3) is 2.73. The number of thiazole rings is 1. The number of aryl methyl sites for hydroxylation is 3. The van der Waals surface area contributed by atoms with Gasteiger partial charge >= 0.3 is 0 Å². The van der Waals surface area contributed by atoms with Gasteiger partial charge in [0.2, 0.25) is 0 Å². The summed E-state index contributed by atoms with van der Waals surface area (Å²) in [6.07, 6.45) is 2.16. The van der Waals surface area contributed by atoms with Crippen molar-refractivity contribution in [1.82, 2.24) is 4.98 Å². The Morgan fingerprint density at radius 3 is 2.56 bits per heavy atom. The molecule has 0 aliphatic heterocycles. The summed E-state index contributed by atoms with van der Waals surface area (Å²) in [6, 6.07) is 20.5. The highest BCUT2D eigenvalue weighted by atomic mass is 32.1.